The number of rotatable bonds is 6. The molecule has 0 spiro atoms. The van der Waals surface area contributed by atoms with E-state index in [4.69, 9.17) is 0 Å². The van der Waals surface area contributed by atoms with Crippen LogP contribution in [0.5, 0.6) is 0 Å². The summed E-state index contributed by atoms with van der Waals surface area (Å²) in [6.07, 6.45) is 4.22. The average molecular weight is 491 g/mol. The van der Waals surface area contributed by atoms with Crippen molar-refractivity contribution in [1.82, 2.24) is 24.3 Å². The van der Waals surface area contributed by atoms with Crippen LogP contribution >= 0.6 is 0 Å². The molecule has 1 aliphatic rings. The van der Waals surface area contributed by atoms with Crippen LogP contribution in [0.4, 0.5) is 31.8 Å². The van der Waals surface area contributed by atoms with Gasteiger partial charge >= 0.3 is 0 Å². The molecule has 4 aromatic rings. The first-order chi connectivity index (χ1) is 17.4. The standard InChI is InChI=1S/C25H24F2N8O/c1-3-20(36)30-17-6-4-5-16(13-17)23-24-32-25(29-15-35(24)14-28-23)31-18-7-8-19(22(27)21(18)26)34-11-9-33(2)10-12-34/h3-8,13-15H,1,9-12H2,2H3,(H,30,36)(H,31,32). The molecule has 36 heavy (non-hydrogen) atoms. The lowest BCUT2D eigenvalue weighted by Gasteiger charge is -2.34. The normalized spacial score (nSPS) is 14.1. The minimum Gasteiger partial charge on any atom is -0.367 e. The molecule has 184 valence electrons. The van der Waals surface area contributed by atoms with Gasteiger partial charge in [0.25, 0.3) is 0 Å². The van der Waals surface area contributed by atoms with E-state index in [1.54, 1.807) is 35.0 Å². The van der Waals surface area contributed by atoms with E-state index in [2.05, 4.69) is 37.1 Å². The molecule has 1 fully saturated rings. The minimum atomic E-state index is -0.991. The highest BCUT2D eigenvalue weighted by Gasteiger charge is 2.22. The summed E-state index contributed by atoms with van der Waals surface area (Å²) >= 11 is 0. The molecule has 11 heteroatoms. The minimum absolute atomic E-state index is 0.0649. The molecule has 1 amide bonds. The molecule has 0 saturated carbocycles. The molecule has 2 N–H and O–H groups in total. The third-order valence-electron chi connectivity index (χ3n) is 6.03. The maximum atomic E-state index is 15.0. The fourth-order valence-corrected chi connectivity index (χ4v) is 4.05. The van der Waals surface area contributed by atoms with Crippen molar-refractivity contribution in [3.63, 3.8) is 0 Å². The number of nitrogens with one attached hydrogen (secondary N) is 2. The number of aromatic nitrogens is 4. The van der Waals surface area contributed by atoms with Crippen LogP contribution in [0.1, 0.15) is 0 Å². The second kappa shape index (κ2) is 9.70. The maximum absolute atomic E-state index is 15.0. The lowest BCUT2D eigenvalue weighted by atomic mass is 10.1. The van der Waals surface area contributed by atoms with Gasteiger partial charge in [-0.15, -0.1) is 0 Å². The molecular weight excluding hydrogens is 466 g/mol. The first-order valence-corrected chi connectivity index (χ1v) is 11.3. The number of carbonyl (C=O) groups is 1. The predicted molar refractivity (Wildman–Crippen MR) is 134 cm³/mol. The van der Waals surface area contributed by atoms with Crippen LogP contribution in [0.15, 0.2) is 61.7 Å². The first-order valence-electron chi connectivity index (χ1n) is 11.3. The number of hydrogen-bond donors (Lipinski definition) is 2. The van der Waals surface area contributed by atoms with Gasteiger partial charge in [0.1, 0.15) is 18.3 Å². The van der Waals surface area contributed by atoms with Gasteiger partial charge in [-0.25, -0.2) is 18.7 Å². The Hall–Kier alpha value is -4.38. The van der Waals surface area contributed by atoms with Gasteiger partial charge in [-0.2, -0.15) is 4.98 Å². The zero-order valence-corrected chi connectivity index (χ0v) is 19.6. The lowest BCUT2D eigenvalue weighted by molar-refractivity contribution is -0.111. The van der Waals surface area contributed by atoms with Crippen molar-refractivity contribution >= 4 is 34.6 Å². The fourth-order valence-electron chi connectivity index (χ4n) is 4.05. The van der Waals surface area contributed by atoms with Gasteiger partial charge in [-0.1, -0.05) is 18.7 Å². The summed E-state index contributed by atoms with van der Waals surface area (Å²) in [5.74, 6) is -2.14. The third kappa shape index (κ3) is 4.60. The molecule has 0 bridgehead atoms. The topological polar surface area (TPSA) is 90.7 Å². The van der Waals surface area contributed by atoms with Crippen LogP contribution in [-0.2, 0) is 4.79 Å². The quantitative estimate of drug-likeness (QED) is 0.399. The summed E-state index contributed by atoms with van der Waals surface area (Å²) in [6, 6.07) is 10.2. The van der Waals surface area contributed by atoms with E-state index in [1.165, 1.54) is 18.5 Å². The van der Waals surface area contributed by atoms with Gasteiger partial charge in [0.15, 0.2) is 17.3 Å². The molecule has 0 aliphatic carbocycles. The summed E-state index contributed by atoms with van der Waals surface area (Å²) < 4.78 is 31.5. The second-order valence-corrected chi connectivity index (χ2v) is 8.45. The largest absolute Gasteiger partial charge is 0.367 e. The number of halogens is 2. The number of piperazine rings is 1. The fraction of sp³-hybridized carbons (Fsp3) is 0.200. The summed E-state index contributed by atoms with van der Waals surface area (Å²) in [6.45, 7) is 6.27. The number of amides is 1. The molecule has 0 atom stereocenters. The number of anilines is 4. The highest BCUT2D eigenvalue weighted by atomic mass is 19.2. The van der Waals surface area contributed by atoms with Crippen molar-refractivity contribution in [2.24, 2.45) is 0 Å². The van der Waals surface area contributed by atoms with Crippen LogP contribution in [0, 0.1) is 11.6 Å². The van der Waals surface area contributed by atoms with Gasteiger partial charge < -0.3 is 20.4 Å². The zero-order valence-electron chi connectivity index (χ0n) is 19.6. The number of imidazole rings is 1. The van der Waals surface area contributed by atoms with Crippen LogP contribution in [0.25, 0.3) is 16.9 Å². The van der Waals surface area contributed by atoms with E-state index >= 15 is 0 Å². The number of benzene rings is 2. The number of hydrogen-bond acceptors (Lipinski definition) is 7. The Labute approximate surface area is 206 Å². The highest BCUT2D eigenvalue weighted by Crippen LogP contribution is 2.30. The number of likely N-dealkylation sites (N-methyl/N-ethyl adjacent to an activating group) is 1. The van der Waals surface area contributed by atoms with E-state index in [9.17, 15) is 13.6 Å². The third-order valence-corrected chi connectivity index (χ3v) is 6.03. The Morgan fingerprint density at radius 2 is 1.83 bits per heavy atom. The summed E-state index contributed by atoms with van der Waals surface area (Å²) in [4.78, 5) is 28.7. The van der Waals surface area contributed by atoms with E-state index < -0.39 is 11.6 Å². The first kappa shape index (κ1) is 23.4. The Morgan fingerprint density at radius 3 is 2.61 bits per heavy atom. The van der Waals surface area contributed by atoms with Gasteiger partial charge in [0.05, 0.1) is 11.4 Å². The van der Waals surface area contributed by atoms with Gasteiger partial charge in [0, 0.05) is 37.4 Å². The smallest absolute Gasteiger partial charge is 0.247 e. The van der Waals surface area contributed by atoms with Crippen LogP contribution in [0.3, 0.4) is 0 Å². The Balaban J connectivity index is 1.42. The SMILES string of the molecule is C=CC(=O)Nc1cccc(-c2ncn3cnc(Nc4ccc(N5CCN(C)CC5)c(F)c4F)nc23)c1. The molecule has 2 aromatic heterocycles. The van der Waals surface area contributed by atoms with E-state index in [0.717, 1.165) is 13.1 Å². The predicted octanol–water partition coefficient (Wildman–Crippen LogP) is 3.69. The average Bonchev–Trinajstić information content (AvgIpc) is 3.31. The van der Waals surface area contributed by atoms with Gasteiger partial charge in [-0.3, -0.25) is 9.20 Å². The molecule has 5 rings (SSSR count). The Kier molecular flexibility index (Phi) is 6.30. The molecule has 9 nitrogen and oxygen atoms in total. The zero-order chi connectivity index (χ0) is 25.2. The van der Waals surface area contributed by atoms with Crippen molar-refractivity contribution in [1.29, 1.82) is 0 Å². The molecular formula is C25H24F2N8O. The summed E-state index contributed by atoms with van der Waals surface area (Å²) in [5, 5.41) is 5.49. The highest BCUT2D eigenvalue weighted by molar-refractivity contribution is 5.99. The van der Waals surface area contributed by atoms with Gasteiger partial charge in [-0.05, 0) is 37.4 Å². The second-order valence-electron chi connectivity index (χ2n) is 8.45. The lowest BCUT2D eigenvalue weighted by Crippen LogP contribution is -2.44. The molecule has 2 aromatic carbocycles. The van der Waals surface area contributed by atoms with E-state index in [1.807, 2.05) is 18.0 Å². The van der Waals surface area contributed by atoms with Crippen molar-refractivity contribution in [2.75, 3.05) is 48.8 Å². The maximum Gasteiger partial charge on any atom is 0.247 e. The van der Waals surface area contributed by atoms with Crippen molar-refractivity contribution < 1.29 is 13.6 Å². The molecule has 0 radical (unpaired) electrons. The molecule has 1 aliphatic heterocycles. The summed E-state index contributed by atoms with van der Waals surface area (Å²) in [7, 11) is 2.00. The van der Waals surface area contributed by atoms with Crippen molar-refractivity contribution in [3.05, 3.63) is 73.3 Å². The van der Waals surface area contributed by atoms with Crippen molar-refractivity contribution in [3.8, 4) is 11.3 Å². The van der Waals surface area contributed by atoms with Crippen molar-refractivity contribution in [2.45, 2.75) is 0 Å². The summed E-state index contributed by atoms with van der Waals surface area (Å²) in [5.41, 5.74) is 2.44. The Morgan fingerprint density at radius 1 is 1.06 bits per heavy atom. The monoisotopic (exact) mass is 490 g/mol. The van der Waals surface area contributed by atoms with Crippen LogP contribution in [0.2, 0.25) is 0 Å². The number of fused-ring (bicyclic) bond motifs is 1. The van der Waals surface area contributed by atoms with E-state index in [-0.39, 0.29) is 23.2 Å². The molecule has 1 saturated heterocycles. The molecule has 0 unspecified atom stereocenters. The van der Waals surface area contributed by atoms with Crippen LogP contribution in [-0.4, -0.2) is 63.4 Å². The van der Waals surface area contributed by atoms with Gasteiger partial charge in [0.2, 0.25) is 11.9 Å². The number of carbonyl (C=O) groups excluding carboxylic acids is 1. The van der Waals surface area contributed by atoms with Crippen LogP contribution < -0.4 is 15.5 Å². The van der Waals surface area contributed by atoms with E-state index in [0.29, 0.717) is 35.7 Å². The molecule has 3 heterocycles. The Bertz CT molecular complexity index is 1450. The number of nitrogens with zero attached hydrogens (tertiary/aromatic N) is 6.